The molecule has 0 radical (unpaired) electrons. The van der Waals surface area contributed by atoms with E-state index in [-0.39, 0.29) is 24.9 Å². The van der Waals surface area contributed by atoms with Gasteiger partial charge in [-0.3, -0.25) is 9.59 Å². The molecule has 4 N–H and O–H groups in total. The Kier molecular flexibility index (Phi) is 9.19. The van der Waals surface area contributed by atoms with Gasteiger partial charge >= 0.3 is 0 Å². The van der Waals surface area contributed by atoms with E-state index in [9.17, 15) is 9.59 Å². The highest BCUT2D eigenvalue weighted by molar-refractivity contribution is 5.92. The molecule has 0 aliphatic heterocycles. The number of carbonyl (C=O) groups is 2. The van der Waals surface area contributed by atoms with Crippen LogP contribution in [0.2, 0.25) is 0 Å². The molecule has 0 heterocycles. The third-order valence-electron chi connectivity index (χ3n) is 3.77. The van der Waals surface area contributed by atoms with Gasteiger partial charge in [0.2, 0.25) is 5.91 Å². The van der Waals surface area contributed by atoms with Gasteiger partial charge in [0.05, 0.1) is 0 Å². The van der Waals surface area contributed by atoms with Gasteiger partial charge in [-0.15, -0.1) is 12.4 Å². The normalized spacial score (nSPS) is 9.88. The summed E-state index contributed by atoms with van der Waals surface area (Å²) in [5.74, 6) is -0.118. The van der Waals surface area contributed by atoms with E-state index in [1.54, 1.807) is 29.2 Å². The van der Waals surface area contributed by atoms with E-state index in [1.165, 1.54) is 5.56 Å². The summed E-state index contributed by atoms with van der Waals surface area (Å²) in [5.41, 5.74) is 12.4. The van der Waals surface area contributed by atoms with E-state index >= 15 is 0 Å². The highest BCUT2D eigenvalue weighted by Crippen LogP contribution is 2.12. The monoisotopic (exact) mass is 377 g/mol. The molecule has 0 aliphatic carbocycles. The Morgan fingerprint density at radius 1 is 0.962 bits per heavy atom. The molecule has 0 unspecified atom stereocenters. The number of nitrogens with two attached hydrogens (primary N) is 2. The molecule has 2 aromatic rings. The van der Waals surface area contributed by atoms with Crippen molar-refractivity contribution >= 4 is 24.2 Å². The maximum absolute atomic E-state index is 12.4. The van der Waals surface area contributed by atoms with E-state index in [0.29, 0.717) is 30.9 Å². The van der Waals surface area contributed by atoms with E-state index in [4.69, 9.17) is 16.2 Å². The number of halogens is 1. The molecule has 0 bridgehead atoms. The highest BCUT2D eigenvalue weighted by atomic mass is 35.5. The summed E-state index contributed by atoms with van der Waals surface area (Å²) in [6.45, 7) is 1.39. The fourth-order valence-electron chi connectivity index (χ4n) is 2.38. The number of hydrogen-bond donors (Lipinski definition) is 2. The Morgan fingerprint density at radius 3 is 2.19 bits per heavy atom. The first kappa shape index (κ1) is 21.5. The number of ether oxygens (including phenoxy) is 1. The average molecular weight is 378 g/mol. The number of hydrogen-bond acceptors (Lipinski definition) is 4. The van der Waals surface area contributed by atoms with Gasteiger partial charge in [0.25, 0.3) is 5.91 Å². The van der Waals surface area contributed by atoms with E-state index < -0.39 is 5.91 Å². The maximum atomic E-state index is 12.4. The summed E-state index contributed by atoms with van der Waals surface area (Å²) >= 11 is 0. The van der Waals surface area contributed by atoms with Gasteiger partial charge in [-0.1, -0.05) is 30.3 Å². The lowest BCUT2D eigenvalue weighted by atomic mass is 10.1. The van der Waals surface area contributed by atoms with Gasteiger partial charge in [0, 0.05) is 25.2 Å². The molecule has 0 spiro atoms. The van der Waals surface area contributed by atoms with Crippen LogP contribution in [0.5, 0.6) is 5.75 Å². The molecule has 26 heavy (non-hydrogen) atoms. The molecule has 140 valence electrons. The molecular weight excluding hydrogens is 354 g/mol. The summed E-state index contributed by atoms with van der Waals surface area (Å²) < 4.78 is 5.50. The van der Waals surface area contributed by atoms with Crippen LogP contribution in [0.25, 0.3) is 0 Å². The maximum Gasteiger partial charge on any atom is 0.260 e. The molecule has 2 amide bonds. The zero-order chi connectivity index (χ0) is 18.1. The molecule has 0 aliphatic rings. The van der Waals surface area contributed by atoms with E-state index in [2.05, 4.69) is 0 Å². The quantitative estimate of drug-likeness (QED) is 0.693. The summed E-state index contributed by atoms with van der Waals surface area (Å²) in [4.78, 5) is 25.1. The van der Waals surface area contributed by atoms with Crippen molar-refractivity contribution in [2.75, 3.05) is 26.2 Å². The Balaban J connectivity index is 0.00000338. The summed E-state index contributed by atoms with van der Waals surface area (Å²) in [6, 6.07) is 16.3. The van der Waals surface area contributed by atoms with Crippen LogP contribution in [-0.4, -0.2) is 43.0 Å². The largest absolute Gasteiger partial charge is 0.484 e. The van der Waals surface area contributed by atoms with Crippen LogP contribution in [0.15, 0.2) is 54.6 Å². The second kappa shape index (κ2) is 11.1. The van der Waals surface area contributed by atoms with Gasteiger partial charge in [-0.2, -0.15) is 0 Å². The minimum atomic E-state index is -0.502. The predicted molar refractivity (Wildman–Crippen MR) is 103 cm³/mol. The topological polar surface area (TPSA) is 98.7 Å². The second-order valence-corrected chi connectivity index (χ2v) is 5.58. The SMILES string of the molecule is Cl.NCCN(CCc1ccccc1)C(=O)COc1ccc(C(N)=O)cc1. The summed E-state index contributed by atoms with van der Waals surface area (Å²) in [6.07, 6.45) is 0.764. The van der Waals surface area contributed by atoms with Crippen molar-refractivity contribution in [1.82, 2.24) is 4.90 Å². The standard InChI is InChI=1S/C19H23N3O3.ClH/c20-11-13-22(12-10-15-4-2-1-3-5-15)18(23)14-25-17-8-6-16(7-9-17)19(21)24;/h1-9H,10-14,20H2,(H2,21,24);1H. The van der Waals surface area contributed by atoms with Crippen molar-refractivity contribution in [2.24, 2.45) is 11.5 Å². The Hall–Kier alpha value is -2.57. The summed E-state index contributed by atoms with van der Waals surface area (Å²) in [5, 5.41) is 0. The first-order chi connectivity index (χ1) is 12.1. The third kappa shape index (κ3) is 6.74. The van der Waals surface area contributed by atoms with Crippen molar-refractivity contribution in [3.63, 3.8) is 0 Å². The minimum absolute atomic E-state index is 0. The number of benzene rings is 2. The number of rotatable bonds is 9. The molecule has 2 rings (SSSR count). The lowest BCUT2D eigenvalue weighted by molar-refractivity contribution is -0.133. The lowest BCUT2D eigenvalue weighted by Gasteiger charge is -2.22. The smallest absolute Gasteiger partial charge is 0.260 e. The van der Waals surface area contributed by atoms with Crippen LogP contribution in [-0.2, 0) is 11.2 Å². The van der Waals surface area contributed by atoms with Gasteiger partial charge in [-0.25, -0.2) is 0 Å². The average Bonchev–Trinajstić information content (AvgIpc) is 2.64. The molecule has 2 aromatic carbocycles. The van der Waals surface area contributed by atoms with Crippen molar-refractivity contribution in [1.29, 1.82) is 0 Å². The van der Waals surface area contributed by atoms with Crippen molar-refractivity contribution in [3.8, 4) is 5.75 Å². The predicted octanol–water partition coefficient (Wildman–Crippen LogP) is 1.62. The van der Waals surface area contributed by atoms with Crippen LogP contribution >= 0.6 is 12.4 Å². The van der Waals surface area contributed by atoms with E-state index in [1.807, 2.05) is 30.3 Å². The fraction of sp³-hybridized carbons (Fsp3) is 0.263. The van der Waals surface area contributed by atoms with Crippen molar-refractivity contribution in [2.45, 2.75) is 6.42 Å². The van der Waals surface area contributed by atoms with Crippen LogP contribution in [0.4, 0.5) is 0 Å². The first-order valence-electron chi connectivity index (χ1n) is 8.14. The van der Waals surface area contributed by atoms with Crippen molar-refractivity contribution in [3.05, 3.63) is 65.7 Å². The lowest BCUT2D eigenvalue weighted by Crippen LogP contribution is -2.39. The zero-order valence-electron chi connectivity index (χ0n) is 14.5. The second-order valence-electron chi connectivity index (χ2n) is 5.58. The van der Waals surface area contributed by atoms with Crippen LogP contribution in [0.3, 0.4) is 0 Å². The van der Waals surface area contributed by atoms with Gasteiger partial charge in [0.15, 0.2) is 6.61 Å². The minimum Gasteiger partial charge on any atom is -0.484 e. The van der Waals surface area contributed by atoms with Gasteiger partial charge in [0.1, 0.15) is 5.75 Å². The van der Waals surface area contributed by atoms with Gasteiger partial charge in [-0.05, 0) is 36.2 Å². The zero-order valence-corrected chi connectivity index (χ0v) is 15.3. The number of carbonyl (C=O) groups excluding carboxylic acids is 2. The van der Waals surface area contributed by atoms with Crippen LogP contribution in [0, 0.1) is 0 Å². The molecule has 0 fully saturated rings. The molecule has 0 aromatic heterocycles. The molecule has 0 saturated carbocycles. The van der Waals surface area contributed by atoms with Crippen LogP contribution < -0.4 is 16.2 Å². The number of nitrogens with zero attached hydrogens (tertiary/aromatic N) is 1. The molecular formula is C19H24ClN3O3. The Morgan fingerprint density at radius 2 is 1.62 bits per heavy atom. The Bertz CT molecular complexity index is 693. The molecule has 0 atom stereocenters. The van der Waals surface area contributed by atoms with Crippen molar-refractivity contribution < 1.29 is 14.3 Å². The van der Waals surface area contributed by atoms with Crippen LogP contribution in [0.1, 0.15) is 15.9 Å². The first-order valence-corrected chi connectivity index (χ1v) is 8.14. The third-order valence-corrected chi connectivity index (χ3v) is 3.77. The number of primary amides is 1. The molecule has 0 saturated heterocycles. The summed E-state index contributed by atoms with van der Waals surface area (Å²) in [7, 11) is 0. The number of amides is 2. The molecule has 6 nitrogen and oxygen atoms in total. The fourth-order valence-corrected chi connectivity index (χ4v) is 2.38. The highest BCUT2D eigenvalue weighted by Gasteiger charge is 2.13. The Labute approximate surface area is 159 Å². The molecule has 7 heteroatoms. The van der Waals surface area contributed by atoms with E-state index in [0.717, 1.165) is 6.42 Å². The van der Waals surface area contributed by atoms with Gasteiger partial charge < -0.3 is 21.1 Å².